The molecule has 2 rings (SSSR count). The maximum Gasteiger partial charge on any atom is 0.225 e. The molecule has 1 atom stereocenters. The Bertz CT molecular complexity index is 608. The maximum absolute atomic E-state index is 13.7. The van der Waals surface area contributed by atoms with Gasteiger partial charge in [-0.3, -0.25) is 9.59 Å². The molecule has 0 saturated carbocycles. The second kappa shape index (κ2) is 9.70. The van der Waals surface area contributed by atoms with Crippen LogP contribution in [0.25, 0.3) is 0 Å². The lowest BCUT2D eigenvalue weighted by atomic mass is 9.97. The molecule has 0 aliphatic carbocycles. The monoisotopic (exact) mass is 362 g/mol. The average molecular weight is 362 g/mol. The Balaban J connectivity index is 1.80. The summed E-state index contributed by atoms with van der Waals surface area (Å²) in [6.45, 7) is 7.32. The van der Waals surface area contributed by atoms with E-state index in [0.717, 1.165) is 25.7 Å². The number of carbonyl (C=O) groups is 2. The van der Waals surface area contributed by atoms with E-state index in [1.807, 2.05) is 11.8 Å². The second-order valence-electron chi connectivity index (χ2n) is 7.32. The molecule has 0 spiro atoms. The Hall–Kier alpha value is -1.91. The Morgan fingerprint density at radius 2 is 1.81 bits per heavy atom. The van der Waals surface area contributed by atoms with Crippen LogP contribution < -0.4 is 5.32 Å². The summed E-state index contributed by atoms with van der Waals surface area (Å²) in [6, 6.07) is 6.68. The first-order valence-corrected chi connectivity index (χ1v) is 9.78. The Morgan fingerprint density at radius 1 is 1.19 bits per heavy atom. The Labute approximate surface area is 156 Å². The van der Waals surface area contributed by atoms with Crippen molar-refractivity contribution in [3.8, 4) is 0 Å². The molecule has 1 unspecified atom stereocenters. The van der Waals surface area contributed by atoms with Crippen molar-refractivity contribution in [1.29, 1.82) is 0 Å². The highest BCUT2D eigenvalue weighted by Gasteiger charge is 2.28. The number of amides is 2. The van der Waals surface area contributed by atoms with Crippen LogP contribution in [0.1, 0.15) is 52.0 Å². The highest BCUT2D eigenvalue weighted by molar-refractivity contribution is 5.80. The van der Waals surface area contributed by atoms with E-state index in [2.05, 4.69) is 19.2 Å². The van der Waals surface area contributed by atoms with E-state index >= 15 is 0 Å². The van der Waals surface area contributed by atoms with Gasteiger partial charge in [-0.1, -0.05) is 39.0 Å². The highest BCUT2D eigenvalue weighted by atomic mass is 19.1. The van der Waals surface area contributed by atoms with Crippen molar-refractivity contribution in [1.82, 2.24) is 10.2 Å². The molecule has 1 aliphatic heterocycles. The first kappa shape index (κ1) is 20.4. The lowest BCUT2D eigenvalue weighted by Crippen LogP contribution is -2.49. The molecule has 1 heterocycles. The predicted octanol–water partition coefficient (Wildman–Crippen LogP) is 3.55. The summed E-state index contributed by atoms with van der Waals surface area (Å²) in [7, 11) is 0. The van der Waals surface area contributed by atoms with Crippen LogP contribution in [0.5, 0.6) is 0 Å². The molecule has 0 aromatic heterocycles. The van der Waals surface area contributed by atoms with Crippen molar-refractivity contribution in [2.24, 2.45) is 11.8 Å². The number of hydrogen-bond donors (Lipinski definition) is 1. The zero-order valence-electron chi connectivity index (χ0n) is 16.1. The molecule has 26 heavy (non-hydrogen) atoms. The van der Waals surface area contributed by atoms with Gasteiger partial charge in [0.05, 0.1) is 0 Å². The molecular weight excluding hydrogens is 331 g/mol. The minimum absolute atomic E-state index is 0.0435. The summed E-state index contributed by atoms with van der Waals surface area (Å²) in [5.41, 5.74) is 0.570. The van der Waals surface area contributed by atoms with Crippen molar-refractivity contribution in [2.75, 3.05) is 13.1 Å². The molecule has 0 radical (unpaired) electrons. The number of carbonyl (C=O) groups excluding carboxylic acids is 2. The van der Waals surface area contributed by atoms with Crippen LogP contribution in [0, 0.1) is 17.7 Å². The Morgan fingerprint density at radius 3 is 2.38 bits per heavy atom. The summed E-state index contributed by atoms with van der Waals surface area (Å²) < 4.78 is 13.7. The summed E-state index contributed by atoms with van der Waals surface area (Å²) in [6.07, 6.45) is 3.71. The first-order valence-electron chi connectivity index (χ1n) is 9.78. The van der Waals surface area contributed by atoms with E-state index in [1.54, 1.807) is 18.2 Å². The summed E-state index contributed by atoms with van der Waals surface area (Å²) >= 11 is 0. The van der Waals surface area contributed by atoms with Gasteiger partial charge in [-0.15, -0.1) is 0 Å². The van der Waals surface area contributed by atoms with Gasteiger partial charge in [0.1, 0.15) is 5.82 Å². The molecule has 0 bridgehead atoms. The van der Waals surface area contributed by atoms with Crippen LogP contribution in [0.15, 0.2) is 24.3 Å². The Kier molecular flexibility index (Phi) is 7.61. The SMILES string of the molecule is CCC(CC)C(=O)N1CCC(NC(=O)C(C)Cc2ccccc2F)CC1. The van der Waals surface area contributed by atoms with Gasteiger partial charge in [-0.2, -0.15) is 0 Å². The molecular formula is C21H31FN2O2. The van der Waals surface area contributed by atoms with E-state index in [1.165, 1.54) is 6.07 Å². The van der Waals surface area contributed by atoms with Gasteiger partial charge >= 0.3 is 0 Å². The highest BCUT2D eigenvalue weighted by Crippen LogP contribution is 2.18. The molecule has 1 aromatic carbocycles. The van der Waals surface area contributed by atoms with Crippen LogP contribution in [0.2, 0.25) is 0 Å². The zero-order chi connectivity index (χ0) is 19.1. The van der Waals surface area contributed by atoms with Crippen molar-refractivity contribution < 1.29 is 14.0 Å². The zero-order valence-corrected chi connectivity index (χ0v) is 16.1. The lowest BCUT2D eigenvalue weighted by molar-refractivity contribution is -0.137. The number of benzene rings is 1. The third-order valence-electron chi connectivity index (χ3n) is 5.42. The summed E-state index contributed by atoms with van der Waals surface area (Å²) in [5, 5.41) is 3.08. The quantitative estimate of drug-likeness (QED) is 0.806. The van der Waals surface area contributed by atoms with Gasteiger partial charge in [-0.25, -0.2) is 4.39 Å². The van der Waals surface area contributed by atoms with E-state index in [4.69, 9.17) is 0 Å². The standard InChI is InChI=1S/C21H31FN2O2/c1-4-16(5-2)21(26)24-12-10-18(11-13-24)23-20(25)15(3)14-17-8-6-7-9-19(17)22/h6-9,15-16,18H,4-5,10-14H2,1-3H3,(H,23,25). The molecule has 2 amide bonds. The fraction of sp³-hybridized carbons (Fsp3) is 0.619. The van der Waals surface area contributed by atoms with Crippen LogP contribution in [-0.2, 0) is 16.0 Å². The van der Waals surface area contributed by atoms with Gasteiger partial charge in [0.25, 0.3) is 0 Å². The predicted molar refractivity (Wildman–Crippen MR) is 101 cm³/mol. The van der Waals surface area contributed by atoms with E-state index in [9.17, 15) is 14.0 Å². The minimum Gasteiger partial charge on any atom is -0.353 e. The third kappa shape index (κ3) is 5.29. The van der Waals surface area contributed by atoms with Crippen LogP contribution >= 0.6 is 0 Å². The number of nitrogens with zero attached hydrogens (tertiary/aromatic N) is 1. The van der Waals surface area contributed by atoms with Crippen molar-refractivity contribution in [3.63, 3.8) is 0 Å². The minimum atomic E-state index is -0.281. The van der Waals surface area contributed by atoms with Gasteiger partial charge in [-0.05, 0) is 43.7 Å². The number of hydrogen-bond acceptors (Lipinski definition) is 2. The summed E-state index contributed by atoms with van der Waals surface area (Å²) in [4.78, 5) is 26.8. The van der Waals surface area contributed by atoms with Crippen LogP contribution in [0.3, 0.4) is 0 Å². The number of likely N-dealkylation sites (tertiary alicyclic amines) is 1. The fourth-order valence-corrected chi connectivity index (χ4v) is 3.57. The number of nitrogens with one attached hydrogen (secondary N) is 1. The molecule has 1 aliphatic rings. The molecule has 4 nitrogen and oxygen atoms in total. The van der Waals surface area contributed by atoms with Gasteiger partial charge in [0.15, 0.2) is 0 Å². The molecule has 1 saturated heterocycles. The van der Waals surface area contributed by atoms with Gasteiger partial charge in [0, 0.05) is 31.0 Å². The van der Waals surface area contributed by atoms with Gasteiger partial charge in [0.2, 0.25) is 11.8 Å². The fourth-order valence-electron chi connectivity index (χ4n) is 3.57. The molecule has 144 valence electrons. The average Bonchev–Trinajstić information content (AvgIpc) is 2.65. The molecule has 1 fully saturated rings. The van der Waals surface area contributed by atoms with Crippen LogP contribution in [-0.4, -0.2) is 35.8 Å². The van der Waals surface area contributed by atoms with Crippen molar-refractivity contribution in [3.05, 3.63) is 35.6 Å². The maximum atomic E-state index is 13.7. The molecule has 1 aromatic rings. The number of rotatable bonds is 7. The van der Waals surface area contributed by atoms with Crippen molar-refractivity contribution >= 4 is 11.8 Å². The number of piperidine rings is 1. The van der Waals surface area contributed by atoms with Crippen molar-refractivity contribution in [2.45, 2.75) is 58.9 Å². The van der Waals surface area contributed by atoms with E-state index in [-0.39, 0.29) is 35.5 Å². The van der Waals surface area contributed by atoms with Crippen LogP contribution in [0.4, 0.5) is 4.39 Å². The smallest absolute Gasteiger partial charge is 0.225 e. The number of halogens is 1. The third-order valence-corrected chi connectivity index (χ3v) is 5.42. The molecule has 5 heteroatoms. The first-order chi connectivity index (χ1) is 12.5. The van der Waals surface area contributed by atoms with E-state index < -0.39 is 0 Å². The van der Waals surface area contributed by atoms with Gasteiger partial charge < -0.3 is 10.2 Å². The lowest BCUT2D eigenvalue weighted by Gasteiger charge is -2.34. The molecule has 1 N–H and O–H groups in total. The topological polar surface area (TPSA) is 49.4 Å². The van der Waals surface area contributed by atoms with E-state index in [0.29, 0.717) is 25.1 Å². The second-order valence-corrected chi connectivity index (χ2v) is 7.32. The largest absolute Gasteiger partial charge is 0.353 e. The summed E-state index contributed by atoms with van der Waals surface area (Å²) in [5.74, 6) is -0.232. The normalized spacial score (nSPS) is 16.6.